The van der Waals surface area contributed by atoms with Gasteiger partial charge in [0.2, 0.25) is 10.0 Å². The van der Waals surface area contributed by atoms with Crippen molar-refractivity contribution >= 4 is 27.7 Å². The maximum atomic E-state index is 12.8. The van der Waals surface area contributed by atoms with Gasteiger partial charge < -0.3 is 4.90 Å². The SMILES string of the molecule is CCCCc1ccc(S(=O)(=O)NC2CCN(c3ccccc3C=CC(=O)NO)CC2)cc1. The Morgan fingerprint density at radius 2 is 1.81 bits per heavy atom. The zero-order chi connectivity index (χ0) is 23.0. The number of hydrogen-bond acceptors (Lipinski definition) is 5. The third-order valence-electron chi connectivity index (χ3n) is 5.67. The Hall–Kier alpha value is -2.68. The van der Waals surface area contributed by atoms with E-state index in [1.54, 1.807) is 23.7 Å². The van der Waals surface area contributed by atoms with Gasteiger partial charge in [0.25, 0.3) is 5.91 Å². The summed E-state index contributed by atoms with van der Waals surface area (Å²) in [7, 11) is -3.56. The van der Waals surface area contributed by atoms with Crippen LogP contribution in [0, 0.1) is 0 Å². The fourth-order valence-electron chi connectivity index (χ4n) is 3.86. The summed E-state index contributed by atoms with van der Waals surface area (Å²) in [5.74, 6) is -0.591. The van der Waals surface area contributed by atoms with Crippen LogP contribution in [0.25, 0.3) is 6.08 Å². The smallest absolute Gasteiger partial charge is 0.267 e. The van der Waals surface area contributed by atoms with Crippen LogP contribution in [-0.4, -0.2) is 38.7 Å². The monoisotopic (exact) mass is 457 g/mol. The predicted molar refractivity (Wildman–Crippen MR) is 126 cm³/mol. The lowest BCUT2D eigenvalue weighted by atomic mass is 10.0. The molecule has 0 unspecified atom stereocenters. The van der Waals surface area contributed by atoms with Gasteiger partial charge in [-0.25, -0.2) is 18.6 Å². The zero-order valence-electron chi connectivity index (χ0n) is 18.3. The van der Waals surface area contributed by atoms with Crippen molar-refractivity contribution in [3.05, 3.63) is 65.7 Å². The van der Waals surface area contributed by atoms with Crippen molar-refractivity contribution in [3.63, 3.8) is 0 Å². The van der Waals surface area contributed by atoms with Crippen LogP contribution in [0.2, 0.25) is 0 Å². The van der Waals surface area contributed by atoms with Gasteiger partial charge in [-0.05, 0) is 61.1 Å². The quantitative estimate of drug-likeness (QED) is 0.304. The van der Waals surface area contributed by atoms with E-state index in [1.165, 1.54) is 6.08 Å². The number of rotatable bonds is 9. The molecule has 0 aliphatic carbocycles. The van der Waals surface area contributed by atoms with E-state index >= 15 is 0 Å². The van der Waals surface area contributed by atoms with Crippen molar-refractivity contribution in [2.24, 2.45) is 0 Å². The number of amides is 1. The number of hydroxylamine groups is 1. The maximum Gasteiger partial charge on any atom is 0.267 e. The molecule has 172 valence electrons. The van der Waals surface area contributed by atoms with Crippen molar-refractivity contribution in [2.75, 3.05) is 18.0 Å². The molecule has 7 nitrogen and oxygen atoms in total. The van der Waals surface area contributed by atoms with Crippen LogP contribution >= 0.6 is 0 Å². The summed E-state index contributed by atoms with van der Waals surface area (Å²) in [6.45, 7) is 3.53. The van der Waals surface area contributed by atoms with Crippen molar-refractivity contribution in [2.45, 2.75) is 50.0 Å². The summed E-state index contributed by atoms with van der Waals surface area (Å²) in [4.78, 5) is 13.8. The molecule has 0 atom stereocenters. The molecule has 2 aromatic rings. The molecule has 8 heteroatoms. The molecule has 3 rings (SSSR count). The van der Waals surface area contributed by atoms with Crippen molar-refractivity contribution in [1.29, 1.82) is 0 Å². The first-order valence-corrected chi connectivity index (χ1v) is 12.5. The van der Waals surface area contributed by atoms with Gasteiger partial charge in [-0.1, -0.05) is 43.7 Å². The van der Waals surface area contributed by atoms with E-state index in [0.717, 1.165) is 36.1 Å². The van der Waals surface area contributed by atoms with E-state index in [2.05, 4.69) is 16.5 Å². The fraction of sp³-hybridized carbons (Fsp3) is 0.375. The van der Waals surface area contributed by atoms with E-state index in [9.17, 15) is 13.2 Å². The van der Waals surface area contributed by atoms with E-state index < -0.39 is 15.9 Å². The molecule has 1 fully saturated rings. The highest BCUT2D eigenvalue weighted by Crippen LogP contribution is 2.26. The lowest BCUT2D eigenvalue weighted by Crippen LogP contribution is -2.44. The average Bonchev–Trinajstić information content (AvgIpc) is 2.82. The second kappa shape index (κ2) is 11.3. The number of carbonyl (C=O) groups excluding carboxylic acids is 1. The number of aryl methyl sites for hydroxylation is 1. The Kier molecular flexibility index (Phi) is 8.44. The largest absolute Gasteiger partial charge is 0.371 e. The molecule has 0 radical (unpaired) electrons. The van der Waals surface area contributed by atoms with Crippen molar-refractivity contribution in [1.82, 2.24) is 10.2 Å². The molecular formula is C24H31N3O4S. The summed E-state index contributed by atoms with van der Waals surface area (Å²) in [5, 5.41) is 8.67. The first-order chi connectivity index (χ1) is 15.4. The topological polar surface area (TPSA) is 98.7 Å². The van der Waals surface area contributed by atoms with Crippen LogP contribution in [0.4, 0.5) is 5.69 Å². The summed E-state index contributed by atoms with van der Waals surface area (Å²) >= 11 is 0. The van der Waals surface area contributed by atoms with Gasteiger partial charge in [-0.3, -0.25) is 10.0 Å². The highest BCUT2D eigenvalue weighted by Gasteiger charge is 2.25. The number of para-hydroxylation sites is 1. The molecule has 0 saturated carbocycles. The van der Waals surface area contributed by atoms with Crippen LogP contribution in [0.5, 0.6) is 0 Å². The number of sulfonamides is 1. The van der Waals surface area contributed by atoms with Gasteiger partial charge >= 0.3 is 0 Å². The van der Waals surface area contributed by atoms with Crippen molar-refractivity contribution < 1.29 is 18.4 Å². The predicted octanol–water partition coefficient (Wildman–Crippen LogP) is 3.50. The highest BCUT2D eigenvalue weighted by atomic mass is 32.2. The number of nitrogens with one attached hydrogen (secondary N) is 2. The zero-order valence-corrected chi connectivity index (χ0v) is 19.1. The second-order valence-electron chi connectivity index (χ2n) is 8.00. The van der Waals surface area contributed by atoms with Crippen LogP contribution in [-0.2, 0) is 21.2 Å². The molecular weight excluding hydrogens is 426 g/mol. The van der Waals surface area contributed by atoms with E-state index in [-0.39, 0.29) is 6.04 Å². The minimum Gasteiger partial charge on any atom is -0.371 e. The molecule has 0 bridgehead atoms. The Bertz CT molecular complexity index is 1030. The summed E-state index contributed by atoms with van der Waals surface area (Å²) in [6, 6.07) is 14.7. The molecule has 1 aliphatic heterocycles. The van der Waals surface area contributed by atoms with E-state index in [0.29, 0.717) is 30.8 Å². The molecule has 0 spiro atoms. The highest BCUT2D eigenvalue weighted by molar-refractivity contribution is 7.89. The van der Waals surface area contributed by atoms with Crippen molar-refractivity contribution in [3.8, 4) is 0 Å². The summed E-state index contributed by atoms with van der Waals surface area (Å²) in [6.07, 6.45) is 7.46. The van der Waals surface area contributed by atoms with Crippen LogP contribution in [0.1, 0.15) is 43.7 Å². The number of piperidine rings is 1. The number of anilines is 1. The standard InChI is InChI=1S/C24H31N3O4S/c1-2-3-6-19-9-12-22(13-10-19)32(30,31)26-21-15-17-27(18-16-21)23-8-5-4-7-20(23)11-14-24(28)25-29/h4-5,7-14,21,26,29H,2-3,6,15-18H2,1H3,(H,25,28). The van der Waals surface area contributed by atoms with Gasteiger partial charge in [0, 0.05) is 30.9 Å². The molecule has 32 heavy (non-hydrogen) atoms. The van der Waals surface area contributed by atoms with E-state index in [1.807, 2.05) is 36.4 Å². The van der Waals surface area contributed by atoms with Gasteiger partial charge in [-0.15, -0.1) is 0 Å². The first kappa shape index (κ1) is 24.0. The Labute approximate surface area is 190 Å². The molecule has 1 amide bonds. The Balaban J connectivity index is 1.60. The lowest BCUT2D eigenvalue weighted by molar-refractivity contribution is -0.124. The third-order valence-corrected chi connectivity index (χ3v) is 7.21. The van der Waals surface area contributed by atoms with E-state index in [4.69, 9.17) is 5.21 Å². The minimum absolute atomic E-state index is 0.126. The first-order valence-electron chi connectivity index (χ1n) is 11.0. The molecule has 3 N–H and O–H groups in total. The minimum atomic E-state index is -3.56. The van der Waals surface area contributed by atoms with Gasteiger partial charge in [0.15, 0.2) is 0 Å². The van der Waals surface area contributed by atoms with Crippen LogP contribution < -0.4 is 15.1 Å². The van der Waals surface area contributed by atoms with Gasteiger partial charge in [0.05, 0.1) is 4.90 Å². The number of hydrogen-bond donors (Lipinski definition) is 3. The third kappa shape index (κ3) is 6.41. The maximum absolute atomic E-state index is 12.8. The number of nitrogens with zero attached hydrogens (tertiary/aromatic N) is 1. The number of benzene rings is 2. The lowest BCUT2D eigenvalue weighted by Gasteiger charge is -2.34. The molecule has 1 aliphatic rings. The number of unbranched alkanes of at least 4 members (excludes halogenated alkanes) is 1. The average molecular weight is 458 g/mol. The Morgan fingerprint density at radius 3 is 2.47 bits per heavy atom. The normalized spacial score (nSPS) is 15.2. The van der Waals surface area contributed by atoms with Gasteiger partial charge in [0.1, 0.15) is 0 Å². The van der Waals surface area contributed by atoms with Crippen LogP contribution in [0.15, 0.2) is 59.5 Å². The number of carbonyl (C=O) groups is 1. The Morgan fingerprint density at radius 1 is 1.12 bits per heavy atom. The molecule has 1 heterocycles. The molecule has 2 aromatic carbocycles. The second-order valence-corrected chi connectivity index (χ2v) is 9.71. The summed E-state index contributed by atoms with van der Waals surface area (Å²) < 4.78 is 28.5. The summed E-state index contributed by atoms with van der Waals surface area (Å²) in [5.41, 5.74) is 4.57. The fourth-order valence-corrected chi connectivity index (χ4v) is 5.17. The molecule has 0 aromatic heterocycles. The molecule has 1 saturated heterocycles. The van der Waals surface area contributed by atoms with Crippen LogP contribution in [0.3, 0.4) is 0 Å². The van der Waals surface area contributed by atoms with Gasteiger partial charge in [-0.2, -0.15) is 0 Å².